The molecule has 4 N–H and O–H groups in total. The Bertz CT molecular complexity index is 968. The van der Waals surface area contributed by atoms with Crippen molar-refractivity contribution in [2.75, 3.05) is 19.8 Å². The number of hydrogen-bond acceptors (Lipinski definition) is 8. The fourth-order valence-corrected chi connectivity index (χ4v) is 5.39. The second kappa shape index (κ2) is 31.9. The van der Waals surface area contributed by atoms with Crippen molar-refractivity contribution in [2.24, 2.45) is 0 Å². The third kappa shape index (κ3) is 31.0. The van der Waals surface area contributed by atoms with E-state index in [1.165, 1.54) is 19.3 Å². The molecule has 0 aliphatic heterocycles. The molecule has 0 bridgehead atoms. The molecule has 12 heteroatoms. The molecular weight excluding hydrogens is 637 g/mol. The number of amides is 1. The third-order valence-corrected chi connectivity index (χ3v) is 8.39. The number of ether oxygens (including phenoxy) is 1. The van der Waals surface area contributed by atoms with Crippen molar-refractivity contribution in [3.63, 3.8) is 0 Å². The highest BCUT2D eigenvalue weighted by atomic mass is 31.2. The van der Waals surface area contributed by atoms with Crippen LogP contribution in [0, 0.1) is 0 Å². The van der Waals surface area contributed by atoms with Crippen molar-refractivity contribution in [1.29, 1.82) is 0 Å². The molecule has 1 amide bonds. The molecule has 0 aromatic carbocycles. The van der Waals surface area contributed by atoms with E-state index in [0.29, 0.717) is 12.8 Å². The minimum atomic E-state index is -4.74. The molecule has 0 spiro atoms. The zero-order chi connectivity index (χ0) is 35.7. The number of allylic oxidation sites excluding steroid dienone is 6. The molecule has 0 aromatic heterocycles. The molecular formula is C36H64NO10P. The van der Waals surface area contributed by atoms with Crippen LogP contribution in [-0.2, 0) is 32.7 Å². The van der Waals surface area contributed by atoms with Gasteiger partial charge in [-0.25, -0.2) is 9.36 Å². The summed E-state index contributed by atoms with van der Waals surface area (Å²) in [4.78, 5) is 45.4. The summed E-state index contributed by atoms with van der Waals surface area (Å²) in [5, 5.41) is 21.6. The molecule has 0 saturated carbocycles. The average molecular weight is 702 g/mol. The zero-order valence-corrected chi connectivity index (χ0v) is 30.4. The van der Waals surface area contributed by atoms with Crippen LogP contribution in [0.2, 0.25) is 0 Å². The molecule has 0 aliphatic rings. The van der Waals surface area contributed by atoms with Crippen molar-refractivity contribution < 1.29 is 47.8 Å². The Balaban J connectivity index is 3.93. The first-order valence-electron chi connectivity index (χ1n) is 18.0. The van der Waals surface area contributed by atoms with Gasteiger partial charge in [0.2, 0.25) is 5.91 Å². The van der Waals surface area contributed by atoms with Crippen LogP contribution in [-0.4, -0.2) is 64.9 Å². The largest absolute Gasteiger partial charge is 0.480 e. The molecule has 278 valence electrons. The van der Waals surface area contributed by atoms with Crippen molar-refractivity contribution >= 4 is 25.7 Å². The summed E-state index contributed by atoms with van der Waals surface area (Å²) in [6, 6.07) is -1.54. The highest BCUT2D eigenvalue weighted by Crippen LogP contribution is 2.43. The van der Waals surface area contributed by atoms with E-state index < -0.39 is 57.6 Å². The second-order valence-corrected chi connectivity index (χ2v) is 13.5. The van der Waals surface area contributed by atoms with Gasteiger partial charge in [-0.05, 0) is 44.9 Å². The smallest absolute Gasteiger partial charge is 0.472 e. The molecule has 3 unspecified atom stereocenters. The number of phosphoric ester groups is 1. The van der Waals surface area contributed by atoms with E-state index >= 15 is 0 Å². The monoisotopic (exact) mass is 701 g/mol. The van der Waals surface area contributed by atoms with Crippen LogP contribution in [0.5, 0.6) is 0 Å². The number of phosphoric acid groups is 1. The van der Waals surface area contributed by atoms with Gasteiger partial charge in [0.25, 0.3) is 0 Å². The fraction of sp³-hybridized carbons (Fsp3) is 0.750. The average Bonchev–Trinajstić information content (AvgIpc) is 3.05. The molecule has 0 aromatic rings. The van der Waals surface area contributed by atoms with E-state index in [4.69, 9.17) is 13.8 Å². The van der Waals surface area contributed by atoms with E-state index in [1.54, 1.807) is 0 Å². The van der Waals surface area contributed by atoms with Crippen LogP contribution in [0.25, 0.3) is 0 Å². The fourth-order valence-electron chi connectivity index (χ4n) is 4.62. The van der Waals surface area contributed by atoms with Crippen LogP contribution in [0.4, 0.5) is 0 Å². The SMILES string of the molecule is CC/C=C\C/C=C\C/C=C\CCCCCCCCCC(=O)OCC(O)COP(=O)(O)OCC(NC(=O)CCCCCCCCC)C(=O)O. The van der Waals surface area contributed by atoms with Gasteiger partial charge in [0.05, 0.1) is 13.2 Å². The number of unbranched alkanes of at least 4 members (excludes halogenated alkanes) is 13. The highest BCUT2D eigenvalue weighted by molar-refractivity contribution is 7.47. The quantitative estimate of drug-likeness (QED) is 0.0227. The predicted octanol–water partition coefficient (Wildman–Crippen LogP) is 8.10. The van der Waals surface area contributed by atoms with Crippen LogP contribution < -0.4 is 5.32 Å². The normalized spacial score (nSPS) is 14.4. The van der Waals surface area contributed by atoms with Gasteiger partial charge in [-0.15, -0.1) is 0 Å². The molecule has 0 radical (unpaired) electrons. The summed E-state index contributed by atoms with van der Waals surface area (Å²) in [6.07, 6.45) is 30.7. The number of carboxylic acid groups (broad SMARTS) is 1. The van der Waals surface area contributed by atoms with Crippen molar-refractivity contribution in [3.8, 4) is 0 Å². The Kier molecular flexibility index (Phi) is 30.4. The van der Waals surface area contributed by atoms with Crippen molar-refractivity contribution in [3.05, 3.63) is 36.5 Å². The number of rotatable bonds is 33. The van der Waals surface area contributed by atoms with Crippen LogP contribution >= 0.6 is 7.82 Å². The van der Waals surface area contributed by atoms with Gasteiger partial charge in [0.1, 0.15) is 12.7 Å². The van der Waals surface area contributed by atoms with E-state index in [0.717, 1.165) is 83.5 Å². The number of aliphatic carboxylic acids is 1. The lowest BCUT2D eigenvalue weighted by Crippen LogP contribution is -2.43. The Morgan fingerprint density at radius 1 is 0.688 bits per heavy atom. The summed E-state index contributed by atoms with van der Waals surface area (Å²) in [5.41, 5.74) is 0. The molecule has 0 aliphatic carbocycles. The van der Waals surface area contributed by atoms with Crippen LogP contribution in [0.15, 0.2) is 36.5 Å². The lowest BCUT2D eigenvalue weighted by atomic mass is 10.1. The molecule has 0 fully saturated rings. The lowest BCUT2D eigenvalue weighted by Gasteiger charge is -2.18. The first kappa shape index (κ1) is 45.7. The van der Waals surface area contributed by atoms with Gasteiger partial charge in [-0.3, -0.25) is 18.6 Å². The molecule has 0 saturated heterocycles. The number of aliphatic hydroxyl groups is 1. The van der Waals surface area contributed by atoms with Gasteiger partial charge in [0, 0.05) is 12.8 Å². The van der Waals surface area contributed by atoms with Gasteiger partial charge < -0.3 is 25.2 Å². The number of carbonyl (C=O) groups is 3. The topological polar surface area (TPSA) is 169 Å². The van der Waals surface area contributed by atoms with E-state index in [2.05, 4.69) is 55.6 Å². The number of carboxylic acids is 1. The Labute approximate surface area is 289 Å². The summed E-state index contributed by atoms with van der Waals surface area (Å²) < 4.78 is 26.6. The Hall–Kier alpha value is -2.30. The van der Waals surface area contributed by atoms with Crippen molar-refractivity contribution in [2.45, 2.75) is 154 Å². The maximum atomic E-state index is 12.2. The van der Waals surface area contributed by atoms with Gasteiger partial charge >= 0.3 is 19.8 Å². The number of nitrogens with one attached hydrogen (secondary N) is 1. The summed E-state index contributed by atoms with van der Waals surface area (Å²) in [6.45, 7) is 2.37. The number of carbonyl (C=O) groups excluding carboxylic acids is 2. The molecule has 11 nitrogen and oxygen atoms in total. The first-order valence-corrected chi connectivity index (χ1v) is 19.5. The first-order chi connectivity index (χ1) is 23.1. The summed E-state index contributed by atoms with van der Waals surface area (Å²) >= 11 is 0. The maximum Gasteiger partial charge on any atom is 0.472 e. The van der Waals surface area contributed by atoms with Crippen LogP contribution in [0.3, 0.4) is 0 Å². The number of aliphatic hydroxyl groups excluding tert-OH is 1. The lowest BCUT2D eigenvalue weighted by molar-refractivity contribution is -0.147. The van der Waals surface area contributed by atoms with E-state index in [9.17, 15) is 34.1 Å². The molecule has 0 heterocycles. The van der Waals surface area contributed by atoms with E-state index in [-0.39, 0.29) is 12.8 Å². The highest BCUT2D eigenvalue weighted by Gasteiger charge is 2.28. The second-order valence-electron chi connectivity index (χ2n) is 12.0. The molecule has 0 rings (SSSR count). The molecule has 48 heavy (non-hydrogen) atoms. The van der Waals surface area contributed by atoms with Gasteiger partial charge in [0.15, 0.2) is 6.04 Å². The standard InChI is InChI=1S/C36H64NO10P/c1-3-5-7-9-11-12-13-14-15-16-17-18-19-20-22-24-26-28-35(40)45-29-32(38)30-46-48(43,44)47-31-33(36(41)42)37-34(39)27-25-23-21-10-8-6-4-2/h5,7,11-12,14-15,32-33,38H,3-4,6,8-10,13,16-31H2,1-2H3,(H,37,39)(H,41,42)(H,43,44)/b7-5-,12-11-,15-14-. The van der Waals surface area contributed by atoms with Gasteiger partial charge in [-0.2, -0.15) is 0 Å². The van der Waals surface area contributed by atoms with Gasteiger partial charge in [-0.1, -0.05) is 121 Å². The number of esters is 1. The third-order valence-electron chi connectivity index (χ3n) is 7.44. The number of hydrogen-bond donors (Lipinski definition) is 4. The predicted molar refractivity (Wildman–Crippen MR) is 189 cm³/mol. The maximum absolute atomic E-state index is 12.2. The summed E-state index contributed by atoms with van der Waals surface area (Å²) in [5.74, 6) is -2.40. The molecule has 3 atom stereocenters. The minimum absolute atomic E-state index is 0.144. The van der Waals surface area contributed by atoms with E-state index in [1.807, 2.05) is 0 Å². The van der Waals surface area contributed by atoms with Crippen LogP contribution in [0.1, 0.15) is 142 Å². The summed E-state index contributed by atoms with van der Waals surface area (Å²) in [7, 11) is -4.74. The zero-order valence-electron chi connectivity index (χ0n) is 29.5. The minimum Gasteiger partial charge on any atom is -0.480 e. The van der Waals surface area contributed by atoms with Crippen molar-refractivity contribution in [1.82, 2.24) is 5.32 Å². The Morgan fingerprint density at radius 3 is 1.81 bits per heavy atom. The Morgan fingerprint density at radius 2 is 1.21 bits per heavy atom.